The van der Waals surface area contributed by atoms with E-state index in [1.54, 1.807) is 31.4 Å². The SMILES string of the molecule is COc1ccc(N2C(=O)CC([P+]3(O)N(c4ccccc4)CCN3c3ccccc3)C2=O)cc1. The number of methoxy groups -OCH3 is 1. The minimum Gasteiger partial charge on any atom is -0.497 e. The smallest absolute Gasteiger partial charge is 0.344 e. The molecule has 1 unspecified atom stereocenters. The largest absolute Gasteiger partial charge is 0.497 e. The maximum atomic E-state index is 13.7. The summed E-state index contributed by atoms with van der Waals surface area (Å²) in [5, 5.41) is 0. The molecule has 0 aliphatic carbocycles. The summed E-state index contributed by atoms with van der Waals surface area (Å²) in [6.07, 6.45) is -0.0399. The number of rotatable bonds is 5. The number of ether oxygens (including phenoxy) is 1. The monoisotopic (exact) mass is 462 g/mol. The van der Waals surface area contributed by atoms with Crippen molar-refractivity contribution in [1.29, 1.82) is 0 Å². The molecule has 2 aliphatic rings. The van der Waals surface area contributed by atoms with Crippen LogP contribution in [0.1, 0.15) is 6.42 Å². The fourth-order valence-corrected chi connectivity index (χ4v) is 8.10. The van der Waals surface area contributed by atoms with Gasteiger partial charge in [0.05, 0.1) is 43.7 Å². The summed E-state index contributed by atoms with van der Waals surface area (Å²) in [6, 6.07) is 26.0. The summed E-state index contributed by atoms with van der Waals surface area (Å²) < 4.78 is 9.07. The number of carbonyl (C=O) groups is 2. The highest BCUT2D eigenvalue weighted by Crippen LogP contribution is 2.71. The van der Waals surface area contributed by atoms with Crippen molar-refractivity contribution in [2.45, 2.75) is 12.1 Å². The van der Waals surface area contributed by atoms with Gasteiger partial charge in [-0.3, -0.25) is 9.59 Å². The van der Waals surface area contributed by atoms with Crippen LogP contribution < -0.4 is 19.0 Å². The quantitative estimate of drug-likeness (QED) is 0.455. The van der Waals surface area contributed by atoms with Crippen molar-refractivity contribution in [3.63, 3.8) is 0 Å². The standard InChI is InChI=1S/C25H25N3O4P/c1-32-22-14-12-21(13-15-22)28-24(29)18-23(25(28)30)33(31)26(19-8-4-2-5-9-19)16-17-27(33)20-10-6-3-7-11-20/h2-15,23,31H,16-18H2,1H3/q+1. The Kier molecular flexibility index (Phi) is 5.52. The highest BCUT2D eigenvalue weighted by Gasteiger charge is 2.68. The highest BCUT2D eigenvalue weighted by atomic mass is 31.2. The lowest BCUT2D eigenvalue weighted by atomic mass is 10.3. The Hall–Kier alpha value is -3.41. The van der Waals surface area contributed by atoms with Crippen molar-refractivity contribution in [1.82, 2.24) is 0 Å². The molecule has 0 aromatic heterocycles. The zero-order valence-electron chi connectivity index (χ0n) is 18.2. The van der Waals surface area contributed by atoms with Crippen molar-refractivity contribution in [2.24, 2.45) is 0 Å². The molecule has 2 fully saturated rings. The Morgan fingerprint density at radius 3 is 1.79 bits per heavy atom. The molecule has 33 heavy (non-hydrogen) atoms. The van der Waals surface area contributed by atoms with Crippen molar-refractivity contribution >= 4 is 36.7 Å². The average Bonchev–Trinajstić information content (AvgIpc) is 3.37. The number of benzene rings is 3. The second-order valence-electron chi connectivity index (χ2n) is 8.02. The summed E-state index contributed by atoms with van der Waals surface area (Å²) in [4.78, 5) is 40.4. The molecule has 2 amide bonds. The Labute approximate surface area is 193 Å². The van der Waals surface area contributed by atoms with Gasteiger partial charge < -0.3 is 4.74 Å². The lowest BCUT2D eigenvalue weighted by molar-refractivity contribution is -0.121. The third-order valence-corrected chi connectivity index (χ3v) is 9.74. The van der Waals surface area contributed by atoms with Gasteiger partial charge in [0, 0.05) is 0 Å². The van der Waals surface area contributed by atoms with Gasteiger partial charge in [0.15, 0.2) is 0 Å². The molecular formula is C25H25N3O4P+. The number of para-hydroxylation sites is 2. The molecule has 3 aromatic carbocycles. The van der Waals surface area contributed by atoms with Gasteiger partial charge in [-0.05, 0) is 48.5 Å². The van der Waals surface area contributed by atoms with Gasteiger partial charge >= 0.3 is 7.79 Å². The lowest BCUT2D eigenvalue weighted by Crippen LogP contribution is -2.39. The van der Waals surface area contributed by atoms with Gasteiger partial charge in [0.2, 0.25) is 11.6 Å². The van der Waals surface area contributed by atoms with Gasteiger partial charge in [-0.1, -0.05) is 36.4 Å². The molecule has 1 N–H and O–H groups in total. The number of carbonyl (C=O) groups excluding carboxylic acids is 2. The summed E-state index contributed by atoms with van der Waals surface area (Å²) in [6.45, 7) is 1.12. The average molecular weight is 462 g/mol. The van der Waals surface area contributed by atoms with Crippen LogP contribution in [0, 0.1) is 0 Å². The molecule has 1 atom stereocenters. The molecule has 0 bridgehead atoms. The molecular weight excluding hydrogens is 437 g/mol. The van der Waals surface area contributed by atoms with E-state index >= 15 is 0 Å². The molecule has 7 nitrogen and oxygen atoms in total. The molecule has 0 radical (unpaired) electrons. The molecule has 0 spiro atoms. The second kappa shape index (κ2) is 8.50. The van der Waals surface area contributed by atoms with Crippen molar-refractivity contribution < 1.29 is 19.2 Å². The van der Waals surface area contributed by atoms with E-state index in [0.29, 0.717) is 24.5 Å². The van der Waals surface area contributed by atoms with Crippen molar-refractivity contribution in [2.75, 3.05) is 34.4 Å². The third-order valence-electron chi connectivity index (χ3n) is 6.21. The Bertz CT molecular complexity index is 1110. The maximum absolute atomic E-state index is 13.7. The van der Waals surface area contributed by atoms with Gasteiger partial charge in [0.25, 0.3) is 5.91 Å². The normalized spacial score (nSPS) is 19.9. The Balaban J connectivity index is 1.56. The number of imide groups is 1. The van der Waals surface area contributed by atoms with Crippen LogP contribution in [-0.4, -0.2) is 42.6 Å². The van der Waals surface area contributed by atoms with E-state index < -0.39 is 13.4 Å². The van der Waals surface area contributed by atoms with Crippen LogP contribution in [0.3, 0.4) is 0 Å². The first-order chi connectivity index (χ1) is 16.0. The summed E-state index contributed by atoms with van der Waals surface area (Å²) >= 11 is 0. The van der Waals surface area contributed by atoms with Crippen LogP contribution in [0.5, 0.6) is 5.75 Å². The molecule has 2 saturated heterocycles. The summed E-state index contributed by atoms with van der Waals surface area (Å²) in [5.74, 6) is -0.0388. The van der Waals surface area contributed by atoms with E-state index in [9.17, 15) is 14.5 Å². The fraction of sp³-hybridized carbons (Fsp3) is 0.200. The van der Waals surface area contributed by atoms with Gasteiger partial charge in [-0.2, -0.15) is 0 Å². The first kappa shape index (κ1) is 21.4. The van der Waals surface area contributed by atoms with E-state index in [4.69, 9.17) is 4.74 Å². The number of amides is 2. The predicted molar refractivity (Wildman–Crippen MR) is 131 cm³/mol. The second-order valence-corrected chi connectivity index (χ2v) is 10.8. The van der Waals surface area contributed by atoms with Crippen LogP contribution in [0.15, 0.2) is 84.9 Å². The number of nitrogens with zero attached hydrogens (tertiary/aromatic N) is 3. The zero-order valence-corrected chi connectivity index (χ0v) is 19.1. The van der Waals surface area contributed by atoms with Crippen molar-refractivity contribution in [3.8, 4) is 5.75 Å². The topological polar surface area (TPSA) is 73.3 Å². The van der Waals surface area contributed by atoms with E-state index in [2.05, 4.69) is 0 Å². The molecule has 0 saturated carbocycles. The van der Waals surface area contributed by atoms with Crippen LogP contribution in [0.4, 0.5) is 17.1 Å². The van der Waals surface area contributed by atoms with Crippen LogP contribution in [-0.2, 0) is 9.59 Å². The summed E-state index contributed by atoms with van der Waals surface area (Å²) in [5.41, 5.74) is 1.32. The van der Waals surface area contributed by atoms with E-state index in [1.807, 2.05) is 70.0 Å². The molecule has 2 heterocycles. The van der Waals surface area contributed by atoms with E-state index in [0.717, 1.165) is 11.4 Å². The van der Waals surface area contributed by atoms with Gasteiger partial charge in [-0.25, -0.2) is 19.1 Å². The summed E-state index contributed by atoms with van der Waals surface area (Å²) in [7, 11) is -1.71. The first-order valence-electron chi connectivity index (χ1n) is 10.8. The van der Waals surface area contributed by atoms with E-state index in [-0.39, 0.29) is 18.2 Å². The zero-order chi connectivity index (χ0) is 23.0. The first-order valence-corrected chi connectivity index (χ1v) is 12.5. The number of anilines is 3. The molecule has 2 aliphatic heterocycles. The minimum atomic E-state index is -3.27. The lowest BCUT2D eigenvalue weighted by Gasteiger charge is -2.34. The highest BCUT2D eigenvalue weighted by molar-refractivity contribution is 7.75. The Morgan fingerprint density at radius 1 is 0.788 bits per heavy atom. The molecule has 5 rings (SSSR count). The molecule has 8 heteroatoms. The van der Waals surface area contributed by atoms with E-state index in [1.165, 1.54) is 4.90 Å². The Morgan fingerprint density at radius 2 is 1.30 bits per heavy atom. The predicted octanol–water partition coefficient (Wildman–Crippen LogP) is 4.11. The molecule has 168 valence electrons. The number of hydrogen-bond acceptors (Lipinski definition) is 6. The third kappa shape index (κ3) is 3.54. The van der Waals surface area contributed by atoms with Crippen LogP contribution in [0.25, 0.3) is 0 Å². The van der Waals surface area contributed by atoms with Gasteiger partial charge in [0.1, 0.15) is 5.75 Å². The van der Waals surface area contributed by atoms with Crippen LogP contribution in [0.2, 0.25) is 0 Å². The molecule has 3 aromatic rings. The number of hydrogen-bond donors (Lipinski definition) is 1. The van der Waals surface area contributed by atoms with Crippen molar-refractivity contribution in [3.05, 3.63) is 84.9 Å². The maximum Gasteiger partial charge on any atom is 0.344 e. The van der Waals surface area contributed by atoms with Gasteiger partial charge in [-0.15, -0.1) is 0 Å². The fourth-order valence-electron chi connectivity index (χ4n) is 4.64. The van der Waals surface area contributed by atoms with Crippen LogP contribution >= 0.6 is 7.79 Å². The minimum absolute atomic E-state index is 0.0399.